The van der Waals surface area contributed by atoms with E-state index in [0.717, 1.165) is 12.1 Å². The van der Waals surface area contributed by atoms with Crippen LogP contribution in [0.15, 0.2) is 48.5 Å². The minimum Gasteiger partial charge on any atom is -0.508 e. The van der Waals surface area contributed by atoms with Crippen molar-refractivity contribution < 1.29 is 50.3 Å². The molecule has 0 saturated heterocycles. The Balaban J connectivity index is 1.65. The molecule has 4 aromatic rings. The van der Waals surface area contributed by atoms with Gasteiger partial charge in [0.05, 0.1) is 0 Å². The second-order valence-electron chi connectivity index (χ2n) is 9.02. The molecule has 1 heterocycles. The SMILES string of the molecule is Oc1cc(O)c2cc1CCc1cc(c(O)cc1O)Oc1cc(cc(O)c1O)CCc1cc(O)c(O)c(c1)O2. The Labute approximate surface area is 216 Å². The van der Waals surface area contributed by atoms with Crippen molar-refractivity contribution in [1.82, 2.24) is 0 Å². The zero-order valence-electron chi connectivity index (χ0n) is 19.8. The van der Waals surface area contributed by atoms with Gasteiger partial charge in [-0.2, -0.15) is 0 Å². The summed E-state index contributed by atoms with van der Waals surface area (Å²) >= 11 is 0. The number of benzene rings is 4. The van der Waals surface area contributed by atoms with Gasteiger partial charge in [0.15, 0.2) is 46.0 Å². The third-order valence-electron chi connectivity index (χ3n) is 6.36. The minimum atomic E-state index is -0.545. The van der Waals surface area contributed by atoms with Gasteiger partial charge in [0, 0.05) is 12.1 Å². The molecule has 8 N–H and O–H groups in total. The maximum Gasteiger partial charge on any atom is 0.201 e. The third kappa shape index (κ3) is 4.66. The van der Waals surface area contributed by atoms with E-state index >= 15 is 0 Å². The van der Waals surface area contributed by atoms with E-state index in [1.54, 1.807) is 0 Å². The molecule has 0 spiro atoms. The van der Waals surface area contributed by atoms with Gasteiger partial charge in [-0.1, -0.05) is 0 Å². The van der Waals surface area contributed by atoms with Crippen LogP contribution < -0.4 is 9.47 Å². The minimum absolute atomic E-state index is 0.0854. The second-order valence-corrected chi connectivity index (χ2v) is 9.02. The van der Waals surface area contributed by atoms with Gasteiger partial charge >= 0.3 is 0 Å². The average Bonchev–Trinajstić information content (AvgIpc) is 2.86. The van der Waals surface area contributed by atoms with Crippen LogP contribution in [0.2, 0.25) is 0 Å². The molecule has 1 aliphatic heterocycles. The smallest absolute Gasteiger partial charge is 0.201 e. The molecule has 0 atom stereocenters. The molecule has 0 radical (unpaired) electrons. The summed E-state index contributed by atoms with van der Waals surface area (Å²) in [5, 5.41) is 82.7. The lowest BCUT2D eigenvalue weighted by atomic mass is 10.0. The molecule has 5 rings (SSSR count). The molecule has 10 heteroatoms. The summed E-state index contributed by atoms with van der Waals surface area (Å²) < 4.78 is 11.4. The largest absolute Gasteiger partial charge is 0.508 e. The van der Waals surface area contributed by atoms with Crippen molar-refractivity contribution in [2.24, 2.45) is 0 Å². The number of aromatic hydroxyl groups is 8. The maximum atomic E-state index is 10.4. The van der Waals surface area contributed by atoms with E-state index in [2.05, 4.69) is 0 Å². The lowest BCUT2D eigenvalue weighted by molar-refractivity contribution is 0.358. The Hall–Kier alpha value is -5.12. The van der Waals surface area contributed by atoms with E-state index in [0.29, 0.717) is 35.1 Å². The summed E-state index contributed by atoms with van der Waals surface area (Å²) in [6.07, 6.45) is 0.905. The van der Waals surface area contributed by atoms with E-state index in [9.17, 15) is 40.9 Å². The number of rotatable bonds is 0. The first-order valence-corrected chi connectivity index (χ1v) is 11.6. The van der Waals surface area contributed by atoms with Crippen LogP contribution in [0.3, 0.4) is 0 Å². The van der Waals surface area contributed by atoms with E-state index in [1.165, 1.54) is 36.4 Å². The van der Waals surface area contributed by atoms with Crippen LogP contribution in [0.4, 0.5) is 0 Å². The molecule has 0 fully saturated rings. The topological polar surface area (TPSA) is 180 Å². The van der Waals surface area contributed by atoms with Crippen molar-refractivity contribution in [3.05, 3.63) is 70.8 Å². The zero-order chi connectivity index (χ0) is 27.1. The number of ether oxygens (including phenoxy) is 2. The summed E-state index contributed by atoms with van der Waals surface area (Å²) in [6, 6.07) is 10.5. The Bertz CT molecular complexity index is 1440. The number of fused-ring (bicyclic) bond motifs is 8. The molecular formula is C28H24O10. The van der Waals surface area contributed by atoms with E-state index in [4.69, 9.17) is 9.47 Å². The quantitative estimate of drug-likeness (QED) is 0.150. The van der Waals surface area contributed by atoms with Crippen molar-refractivity contribution in [2.75, 3.05) is 0 Å². The monoisotopic (exact) mass is 520 g/mol. The molecule has 10 nitrogen and oxygen atoms in total. The van der Waals surface area contributed by atoms with Gasteiger partial charge in [-0.3, -0.25) is 0 Å². The van der Waals surface area contributed by atoms with Gasteiger partial charge in [-0.15, -0.1) is 0 Å². The highest BCUT2D eigenvalue weighted by atomic mass is 16.5. The number of hydrogen-bond acceptors (Lipinski definition) is 10. The average molecular weight is 520 g/mol. The predicted octanol–water partition coefficient (Wildman–Crippen LogP) is 4.80. The first-order valence-electron chi connectivity index (χ1n) is 11.6. The normalized spacial score (nSPS) is 13.1. The molecule has 1 aliphatic rings. The van der Waals surface area contributed by atoms with Crippen molar-refractivity contribution in [3.8, 4) is 69.0 Å². The highest BCUT2D eigenvalue weighted by molar-refractivity contribution is 5.59. The van der Waals surface area contributed by atoms with Gasteiger partial charge < -0.3 is 50.3 Å². The molecule has 0 amide bonds. The molecule has 0 saturated carbocycles. The van der Waals surface area contributed by atoms with Gasteiger partial charge in [0.25, 0.3) is 0 Å². The van der Waals surface area contributed by atoms with Crippen LogP contribution >= 0.6 is 0 Å². The number of aryl methyl sites for hydroxylation is 4. The van der Waals surface area contributed by atoms with E-state index in [-0.39, 0.29) is 47.3 Å². The Kier molecular flexibility index (Phi) is 6.08. The molecule has 8 bridgehead atoms. The predicted molar refractivity (Wildman–Crippen MR) is 134 cm³/mol. The lowest BCUT2D eigenvalue weighted by Crippen LogP contribution is -1.98. The number of phenols is 8. The van der Waals surface area contributed by atoms with Gasteiger partial charge in [0.2, 0.25) is 11.5 Å². The maximum absolute atomic E-state index is 10.4. The van der Waals surface area contributed by atoms with Crippen LogP contribution in [-0.2, 0) is 25.7 Å². The van der Waals surface area contributed by atoms with Crippen LogP contribution in [0.25, 0.3) is 0 Å². The summed E-state index contributed by atoms with van der Waals surface area (Å²) in [4.78, 5) is 0. The van der Waals surface area contributed by atoms with Crippen LogP contribution in [0.1, 0.15) is 22.3 Å². The summed E-state index contributed by atoms with van der Waals surface area (Å²) in [6.45, 7) is 0. The van der Waals surface area contributed by atoms with E-state index < -0.39 is 34.5 Å². The number of hydrogen-bond donors (Lipinski definition) is 8. The summed E-state index contributed by atoms with van der Waals surface area (Å²) in [5.41, 5.74) is 1.77. The fourth-order valence-corrected chi connectivity index (χ4v) is 4.30. The highest BCUT2D eigenvalue weighted by Gasteiger charge is 2.19. The molecule has 38 heavy (non-hydrogen) atoms. The van der Waals surface area contributed by atoms with E-state index in [1.807, 2.05) is 0 Å². The third-order valence-corrected chi connectivity index (χ3v) is 6.36. The van der Waals surface area contributed by atoms with Crippen LogP contribution in [0.5, 0.6) is 69.0 Å². The van der Waals surface area contributed by atoms with Crippen molar-refractivity contribution in [3.63, 3.8) is 0 Å². The molecule has 4 aromatic carbocycles. The van der Waals surface area contributed by atoms with Gasteiger partial charge in [-0.25, -0.2) is 0 Å². The second kappa shape index (κ2) is 9.40. The van der Waals surface area contributed by atoms with Crippen molar-refractivity contribution in [1.29, 1.82) is 0 Å². The van der Waals surface area contributed by atoms with Crippen LogP contribution in [0, 0.1) is 0 Å². The first-order chi connectivity index (χ1) is 18.1. The Morgan fingerprint density at radius 2 is 0.763 bits per heavy atom. The Morgan fingerprint density at radius 3 is 1.16 bits per heavy atom. The summed E-state index contributed by atoms with van der Waals surface area (Å²) in [7, 11) is 0. The molecular weight excluding hydrogens is 496 g/mol. The first kappa shape index (κ1) is 24.6. The number of phenolic OH excluding ortho intramolecular Hbond substituents is 8. The molecule has 0 unspecified atom stereocenters. The molecule has 196 valence electrons. The standard InChI is InChI=1S/C28H24O10/c29-17-11-19(31)23-9-15(17)3-4-16-10-24(20(32)12-18(16)30)38-26-8-14(6-22(34)28(26)36)2-1-13-5-21(33)27(35)25(7-13)37-23/h5-12,29-36H,1-4H2. The van der Waals surface area contributed by atoms with Gasteiger partial charge in [0.1, 0.15) is 11.5 Å². The Morgan fingerprint density at radius 1 is 0.368 bits per heavy atom. The molecule has 0 aliphatic carbocycles. The summed E-state index contributed by atoms with van der Waals surface area (Å²) in [5.74, 6) is -3.71. The van der Waals surface area contributed by atoms with Crippen LogP contribution in [-0.4, -0.2) is 40.9 Å². The zero-order valence-corrected chi connectivity index (χ0v) is 19.8. The lowest BCUT2D eigenvalue weighted by Gasteiger charge is -2.16. The van der Waals surface area contributed by atoms with Crippen molar-refractivity contribution in [2.45, 2.75) is 25.7 Å². The van der Waals surface area contributed by atoms with Crippen molar-refractivity contribution >= 4 is 0 Å². The fraction of sp³-hybridized carbons (Fsp3) is 0.143. The molecule has 0 aromatic heterocycles. The van der Waals surface area contributed by atoms with Gasteiger partial charge in [-0.05, 0) is 84.3 Å². The highest BCUT2D eigenvalue weighted by Crippen LogP contribution is 2.45. The fourth-order valence-electron chi connectivity index (χ4n) is 4.30.